The van der Waals surface area contributed by atoms with E-state index >= 15 is 0 Å². The Morgan fingerprint density at radius 1 is 0.967 bits per heavy atom. The molecule has 30 heavy (non-hydrogen) atoms. The van der Waals surface area contributed by atoms with Gasteiger partial charge in [0, 0.05) is 42.8 Å². The molecule has 3 rings (SSSR count). The number of imide groups is 1. The SMILES string of the molecule is CN(C)CCNCC(=O)Nc1cc2c3c(cccc3c1)C(=O)N(CCN(C)C)C2=O. The van der Waals surface area contributed by atoms with E-state index < -0.39 is 0 Å². The van der Waals surface area contributed by atoms with Crippen LogP contribution in [0.4, 0.5) is 5.69 Å². The Hall–Kier alpha value is -2.81. The minimum absolute atomic E-state index is 0.180. The third-order valence-corrected chi connectivity index (χ3v) is 5.00. The highest BCUT2D eigenvalue weighted by Crippen LogP contribution is 2.32. The van der Waals surface area contributed by atoms with Crippen molar-refractivity contribution in [3.8, 4) is 0 Å². The number of likely N-dealkylation sites (N-methyl/N-ethyl adjacent to an activating group) is 2. The van der Waals surface area contributed by atoms with Crippen molar-refractivity contribution in [2.75, 3.05) is 66.2 Å². The fourth-order valence-corrected chi connectivity index (χ4v) is 3.44. The standard InChI is InChI=1S/C22H29N5O3/c1-25(2)9-8-23-14-19(28)24-16-12-15-6-5-7-17-20(15)18(13-16)22(30)27(21(17)29)11-10-26(3)4/h5-7,12-13,23H,8-11,14H2,1-4H3,(H,24,28). The molecule has 0 spiro atoms. The molecule has 0 bridgehead atoms. The first-order chi connectivity index (χ1) is 14.3. The highest BCUT2D eigenvalue weighted by Gasteiger charge is 2.33. The van der Waals surface area contributed by atoms with Gasteiger partial charge in [-0.3, -0.25) is 19.3 Å². The third kappa shape index (κ3) is 4.84. The molecule has 0 unspecified atom stereocenters. The molecular formula is C22H29N5O3. The van der Waals surface area contributed by atoms with Gasteiger partial charge in [0.2, 0.25) is 5.91 Å². The highest BCUT2D eigenvalue weighted by molar-refractivity contribution is 6.26. The van der Waals surface area contributed by atoms with Gasteiger partial charge in [0.1, 0.15) is 0 Å². The normalized spacial score (nSPS) is 13.6. The number of anilines is 1. The first-order valence-electron chi connectivity index (χ1n) is 10.0. The molecule has 8 nitrogen and oxygen atoms in total. The van der Waals surface area contributed by atoms with Gasteiger partial charge in [0.25, 0.3) is 11.8 Å². The summed E-state index contributed by atoms with van der Waals surface area (Å²) in [5, 5.41) is 7.36. The summed E-state index contributed by atoms with van der Waals surface area (Å²) in [5.74, 6) is -0.784. The van der Waals surface area contributed by atoms with Gasteiger partial charge in [-0.15, -0.1) is 0 Å². The van der Waals surface area contributed by atoms with Crippen LogP contribution in [0, 0.1) is 0 Å². The maximum absolute atomic E-state index is 13.1. The van der Waals surface area contributed by atoms with Crippen LogP contribution in [0.25, 0.3) is 10.8 Å². The van der Waals surface area contributed by atoms with Crippen molar-refractivity contribution in [3.63, 3.8) is 0 Å². The Bertz CT molecular complexity index is 971. The van der Waals surface area contributed by atoms with Gasteiger partial charge in [-0.1, -0.05) is 12.1 Å². The van der Waals surface area contributed by atoms with E-state index in [0.717, 1.165) is 11.9 Å². The molecule has 2 aromatic rings. The second-order valence-electron chi connectivity index (χ2n) is 8.02. The summed E-state index contributed by atoms with van der Waals surface area (Å²) >= 11 is 0. The Labute approximate surface area is 176 Å². The van der Waals surface area contributed by atoms with Crippen LogP contribution in [0.3, 0.4) is 0 Å². The quantitative estimate of drug-likeness (QED) is 0.475. The van der Waals surface area contributed by atoms with Gasteiger partial charge < -0.3 is 20.4 Å². The van der Waals surface area contributed by atoms with Gasteiger partial charge in [-0.25, -0.2) is 0 Å². The summed E-state index contributed by atoms with van der Waals surface area (Å²) in [6.45, 7) is 2.61. The summed E-state index contributed by atoms with van der Waals surface area (Å²) in [7, 11) is 7.74. The Morgan fingerprint density at radius 3 is 2.37 bits per heavy atom. The van der Waals surface area contributed by atoms with Crippen molar-refractivity contribution >= 4 is 34.2 Å². The lowest BCUT2D eigenvalue weighted by Gasteiger charge is -2.28. The molecule has 8 heteroatoms. The molecule has 1 aliphatic rings. The topological polar surface area (TPSA) is 85.0 Å². The van der Waals surface area contributed by atoms with E-state index in [4.69, 9.17) is 0 Å². The maximum Gasteiger partial charge on any atom is 0.261 e. The molecule has 0 saturated carbocycles. The summed E-state index contributed by atoms with van der Waals surface area (Å²) in [6, 6.07) is 8.87. The second-order valence-corrected chi connectivity index (χ2v) is 8.02. The molecule has 1 heterocycles. The zero-order valence-electron chi connectivity index (χ0n) is 18.0. The van der Waals surface area contributed by atoms with Crippen LogP contribution in [0.1, 0.15) is 20.7 Å². The predicted octanol–water partition coefficient (Wildman–Crippen LogP) is 1.09. The van der Waals surface area contributed by atoms with E-state index in [-0.39, 0.29) is 24.3 Å². The van der Waals surface area contributed by atoms with Crippen molar-refractivity contribution in [1.82, 2.24) is 20.0 Å². The molecular weight excluding hydrogens is 382 g/mol. The number of amides is 3. The second kappa shape index (κ2) is 9.34. The molecule has 0 radical (unpaired) electrons. The molecule has 1 aliphatic heterocycles. The van der Waals surface area contributed by atoms with Crippen LogP contribution in [0.15, 0.2) is 30.3 Å². The lowest BCUT2D eigenvalue weighted by molar-refractivity contribution is -0.115. The maximum atomic E-state index is 13.1. The van der Waals surface area contributed by atoms with Crippen LogP contribution in [-0.4, -0.2) is 93.3 Å². The monoisotopic (exact) mass is 411 g/mol. The number of hydrogen-bond donors (Lipinski definition) is 2. The zero-order valence-corrected chi connectivity index (χ0v) is 18.0. The van der Waals surface area contributed by atoms with Crippen molar-refractivity contribution in [2.45, 2.75) is 0 Å². The molecule has 2 N–H and O–H groups in total. The zero-order chi connectivity index (χ0) is 21.8. The van der Waals surface area contributed by atoms with Crippen molar-refractivity contribution < 1.29 is 14.4 Å². The van der Waals surface area contributed by atoms with Gasteiger partial charge in [-0.2, -0.15) is 0 Å². The Balaban J connectivity index is 1.83. The number of benzene rings is 2. The average molecular weight is 412 g/mol. The van der Waals surface area contributed by atoms with Crippen molar-refractivity contribution in [3.05, 3.63) is 41.5 Å². The van der Waals surface area contributed by atoms with Gasteiger partial charge in [0.15, 0.2) is 0 Å². The number of carbonyl (C=O) groups excluding carboxylic acids is 3. The van der Waals surface area contributed by atoms with Crippen molar-refractivity contribution in [1.29, 1.82) is 0 Å². The molecule has 3 amide bonds. The van der Waals surface area contributed by atoms with Crippen LogP contribution < -0.4 is 10.6 Å². The molecule has 160 valence electrons. The number of hydrogen-bond acceptors (Lipinski definition) is 6. The van der Waals surface area contributed by atoms with E-state index in [1.54, 1.807) is 24.3 Å². The van der Waals surface area contributed by atoms with Crippen molar-refractivity contribution in [2.24, 2.45) is 0 Å². The lowest BCUT2D eigenvalue weighted by Crippen LogP contribution is -2.43. The van der Waals surface area contributed by atoms with Crippen LogP contribution in [0.5, 0.6) is 0 Å². The lowest BCUT2D eigenvalue weighted by atomic mass is 9.93. The fourth-order valence-electron chi connectivity index (χ4n) is 3.44. The molecule has 0 fully saturated rings. The fraction of sp³-hybridized carbons (Fsp3) is 0.409. The van der Waals surface area contributed by atoms with E-state index in [1.165, 1.54) is 4.90 Å². The molecule has 0 aromatic heterocycles. The van der Waals surface area contributed by atoms with Crippen LogP contribution >= 0.6 is 0 Å². The average Bonchev–Trinajstić information content (AvgIpc) is 2.68. The first-order valence-corrected chi connectivity index (χ1v) is 10.0. The minimum Gasteiger partial charge on any atom is -0.325 e. The van der Waals surface area contributed by atoms with E-state index in [2.05, 4.69) is 10.6 Å². The number of carbonyl (C=O) groups is 3. The molecule has 2 aromatic carbocycles. The molecule has 0 aliphatic carbocycles. The summed E-state index contributed by atoms with van der Waals surface area (Å²) < 4.78 is 0. The summed E-state index contributed by atoms with van der Waals surface area (Å²) in [4.78, 5) is 43.5. The van der Waals surface area contributed by atoms with Crippen LogP contribution in [-0.2, 0) is 4.79 Å². The largest absolute Gasteiger partial charge is 0.325 e. The van der Waals surface area contributed by atoms with E-state index in [9.17, 15) is 14.4 Å². The Kier molecular flexibility index (Phi) is 6.81. The van der Waals surface area contributed by atoms with Gasteiger partial charge >= 0.3 is 0 Å². The highest BCUT2D eigenvalue weighted by atomic mass is 16.2. The van der Waals surface area contributed by atoms with E-state index in [1.807, 2.05) is 44.1 Å². The smallest absolute Gasteiger partial charge is 0.261 e. The number of nitrogens with one attached hydrogen (secondary N) is 2. The van der Waals surface area contributed by atoms with Gasteiger partial charge in [-0.05, 0) is 51.8 Å². The van der Waals surface area contributed by atoms with Gasteiger partial charge in [0.05, 0.1) is 12.1 Å². The van der Waals surface area contributed by atoms with E-state index in [0.29, 0.717) is 41.8 Å². The minimum atomic E-state index is -0.328. The molecule has 0 atom stereocenters. The third-order valence-electron chi connectivity index (χ3n) is 5.00. The predicted molar refractivity (Wildman–Crippen MR) is 118 cm³/mol. The van der Waals surface area contributed by atoms with Crippen LogP contribution in [0.2, 0.25) is 0 Å². The first kappa shape index (κ1) is 21.9. The number of nitrogens with zero attached hydrogens (tertiary/aromatic N) is 3. The Morgan fingerprint density at radius 2 is 1.67 bits per heavy atom. The summed E-state index contributed by atoms with van der Waals surface area (Å²) in [6.07, 6.45) is 0. The number of rotatable bonds is 9. The molecule has 0 saturated heterocycles. The summed E-state index contributed by atoms with van der Waals surface area (Å²) in [5.41, 5.74) is 1.51.